The molecule has 0 spiro atoms. The maximum absolute atomic E-state index is 11.4. The van der Waals surface area contributed by atoms with Crippen LogP contribution in [-0.2, 0) is 22.1 Å². The summed E-state index contributed by atoms with van der Waals surface area (Å²) in [7, 11) is -8.94. The van der Waals surface area contributed by atoms with Crippen LogP contribution in [0, 0.1) is 0 Å². The van der Waals surface area contributed by atoms with Crippen LogP contribution in [0.25, 0.3) is 0 Å². The Labute approximate surface area is 71.6 Å². The molecule has 1 saturated heterocycles. The lowest BCUT2D eigenvalue weighted by molar-refractivity contribution is 0.318. The van der Waals surface area contributed by atoms with Crippen LogP contribution < -0.4 is 0 Å². The molecule has 12 heavy (non-hydrogen) atoms. The Bertz CT molecular complexity index is 263. The molecule has 0 bridgehead atoms. The minimum Gasteiger partial charge on any atom is -0.262 e. The van der Waals surface area contributed by atoms with Gasteiger partial charge >= 0.3 is 15.2 Å². The molecule has 0 radical (unpaired) electrons. The van der Waals surface area contributed by atoms with E-state index in [4.69, 9.17) is 8.62 Å². The number of hydrogen-bond donors (Lipinski definition) is 0. The summed E-state index contributed by atoms with van der Waals surface area (Å²) in [4.78, 5) is 0. The van der Waals surface area contributed by atoms with Crippen molar-refractivity contribution in [1.29, 1.82) is 0 Å². The first-order valence-electron chi connectivity index (χ1n) is 3.12. The van der Waals surface area contributed by atoms with Crippen molar-refractivity contribution >= 4 is 28.8 Å². The highest BCUT2D eigenvalue weighted by atomic mass is 31.3. The molecule has 1 heterocycles. The van der Waals surface area contributed by atoms with E-state index >= 15 is 0 Å². The van der Waals surface area contributed by atoms with E-state index in [0.29, 0.717) is 0 Å². The average molecular weight is 232 g/mol. The summed E-state index contributed by atoms with van der Waals surface area (Å²) in [5.74, 6) is 0. The van der Waals surface area contributed by atoms with E-state index in [1.807, 2.05) is 0 Å². The topological polar surface area (TPSA) is 61.8 Å². The minimum absolute atomic E-state index is 1.26. The van der Waals surface area contributed by atoms with Gasteiger partial charge in [0.2, 0.25) is 0 Å². The van der Waals surface area contributed by atoms with Crippen LogP contribution in [0.4, 0.5) is 0 Å². The van der Waals surface area contributed by atoms with Crippen LogP contribution in [0.2, 0.25) is 0 Å². The molecule has 0 aromatic carbocycles. The molecular weight excluding hydrogens is 221 g/mol. The van der Waals surface area contributed by atoms with Gasteiger partial charge in [0.25, 0.3) is 0 Å². The molecule has 0 aromatic heterocycles. The van der Waals surface area contributed by atoms with E-state index in [1.165, 1.54) is 13.3 Å². The van der Waals surface area contributed by atoms with Crippen molar-refractivity contribution in [2.75, 3.05) is 20.0 Å². The average Bonchev–Trinajstić information content (AvgIpc) is 1.44. The molecule has 0 N–H and O–H groups in total. The van der Waals surface area contributed by atoms with Gasteiger partial charge in [-0.15, -0.1) is 0 Å². The first-order chi connectivity index (χ1) is 5.12. The largest absolute Gasteiger partial charge is 0.339 e. The Balaban J connectivity index is 3.05. The zero-order chi connectivity index (χ0) is 9.62. The molecule has 2 atom stereocenters. The van der Waals surface area contributed by atoms with Crippen molar-refractivity contribution in [2.24, 2.45) is 0 Å². The summed E-state index contributed by atoms with van der Waals surface area (Å²) < 4.78 is 37.2. The van der Waals surface area contributed by atoms with Crippen LogP contribution in [0.15, 0.2) is 0 Å². The molecule has 1 aliphatic heterocycles. The second-order valence-corrected chi connectivity index (χ2v) is 9.87. The molecule has 0 amide bonds. The highest BCUT2D eigenvalue weighted by Gasteiger charge is 2.41. The second-order valence-electron chi connectivity index (χ2n) is 2.80. The predicted octanol–water partition coefficient (Wildman–Crippen LogP) is 2.61. The summed E-state index contributed by atoms with van der Waals surface area (Å²) in [6.45, 7) is 4.06. The van der Waals surface area contributed by atoms with E-state index in [2.05, 4.69) is 10.6 Å². The van der Waals surface area contributed by atoms with Gasteiger partial charge in [0.15, 0.2) is 0 Å². The normalized spacial score (nSPS) is 55.2. The first-order valence-corrected chi connectivity index (χ1v) is 9.36. The second kappa shape index (κ2) is 2.81. The van der Waals surface area contributed by atoms with Gasteiger partial charge in [-0.2, -0.15) is 0 Å². The van der Waals surface area contributed by atoms with Gasteiger partial charge < -0.3 is 0 Å². The summed E-state index contributed by atoms with van der Waals surface area (Å²) >= 11 is 0. The Morgan fingerprint density at radius 2 is 1.25 bits per heavy atom. The van der Waals surface area contributed by atoms with Gasteiger partial charge in [-0.3, -0.25) is 17.8 Å². The molecule has 2 unspecified atom stereocenters. The summed E-state index contributed by atoms with van der Waals surface area (Å²) in [6.07, 6.45) is 3.56. The number of hydrogen-bond acceptors (Lipinski definition) is 5. The summed E-state index contributed by atoms with van der Waals surface area (Å²) in [6, 6.07) is 0. The lowest BCUT2D eigenvalue weighted by Crippen LogP contribution is -2.01. The van der Waals surface area contributed by atoms with E-state index in [-0.39, 0.29) is 0 Å². The van der Waals surface area contributed by atoms with Crippen molar-refractivity contribution in [3.05, 3.63) is 0 Å². The maximum Gasteiger partial charge on any atom is 0.339 e. The fourth-order valence-electron chi connectivity index (χ4n) is 0.942. The van der Waals surface area contributed by atoms with Gasteiger partial charge in [0.1, 0.15) is 7.34 Å². The predicted molar refractivity (Wildman–Crippen MR) is 50.3 cm³/mol. The zero-order valence-electron chi connectivity index (χ0n) is 7.09. The lowest BCUT2D eigenvalue weighted by Gasteiger charge is -2.32. The molecule has 1 rings (SSSR count). The Kier molecular flexibility index (Phi) is 2.51. The Morgan fingerprint density at radius 1 is 0.917 bits per heavy atom. The van der Waals surface area contributed by atoms with Gasteiger partial charge in [0.05, 0.1) is 0 Å². The van der Waals surface area contributed by atoms with Crippen LogP contribution in [-0.4, -0.2) is 26.3 Å². The quantitative estimate of drug-likeness (QED) is 0.600. The first kappa shape index (κ1) is 10.7. The van der Waals surface area contributed by atoms with Crippen LogP contribution >= 0.6 is 22.5 Å². The fourth-order valence-corrected chi connectivity index (χ4v) is 9.28. The van der Waals surface area contributed by atoms with Crippen LogP contribution in [0.3, 0.4) is 0 Å². The number of rotatable bonds is 0. The van der Waals surface area contributed by atoms with E-state index < -0.39 is 22.5 Å². The Morgan fingerprint density at radius 3 is 1.50 bits per heavy atom. The SMILES string of the molecule is C=P1(C)OP(C)(=O)OP(C)(=O)O1. The highest BCUT2D eigenvalue weighted by Crippen LogP contribution is 2.78. The lowest BCUT2D eigenvalue weighted by atomic mass is 11.9. The van der Waals surface area contributed by atoms with Crippen molar-refractivity contribution in [1.82, 2.24) is 0 Å². The van der Waals surface area contributed by atoms with Crippen molar-refractivity contribution in [3.63, 3.8) is 0 Å². The fraction of sp³-hybridized carbons (Fsp3) is 0.750. The summed E-state index contributed by atoms with van der Waals surface area (Å²) in [5.41, 5.74) is 0. The van der Waals surface area contributed by atoms with E-state index in [1.54, 1.807) is 6.66 Å². The van der Waals surface area contributed by atoms with Gasteiger partial charge in [-0.1, -0.05) is 6.30 Å². The molecule has 1 fully saturated rings. The third kappa shape index (κ3) is 2.85. The maximum atomic E-state index is 11.4. The van der Waals surface area contributed by atoms with Gasteiger partial charge in [0, 0.05) is 20.0 Å². The van der Waals surface area contributed by atoms with E-state index in [0.717, 1.165) is 0 Å². The molecule has 0 aliphatic carbocycles. The third-order valence-corrected chi connectivity index (χ3v) is 8.45. The molecule has 8 heteroatoms. The van der Waals surface area contributed by atoms with Crippen LogP contribution in [0.5, 0.6) is 0 Å². The van der Waals surface area contributed by atoms with Gasteiger partial charge in [-0.25, -0.2) is 4.31 Å². The molecule has 0 saturated carbocycles. The standard InChI is InChI=1S/C4H11O5P3/c1-10(2)7-11(3,5)9-12(4,6)8-10/h1H2,2-4H3. The van der Waals surface area contributed by atoms with Crippen molar-refractivity contribution in [2.45, 2.75) is 0 Å². The molecule has 72 valence electrons. The molecule has 5 nitrogen and oxygen atoms in total. The monoisotopic (exact) mass is 232 g/mol. The zero-order valence-corrected chi connectivity index (χ0v) is 9.77. The van der Waals surface area contributed by atoms with Crippen molar-refractivity contribution in [3.8, 4) is 0 Å². The highest BCUT2D eigenvalue weighted by molar-refractivity contribution is 7.83. The molecule has 1 aliphatic rings. The van der Waals surface area contributed by atoms with E-state index in [9.17, 15) is 9.13 Å². The summed E-state index contributed by atoms with van der Waals surface area (Å²) in [5, 5.41) is 0. The molecule has 0 aromatic rings. The Hall–Kier alpha value is 0.640. The van der Waals surface area contributed by atoms with Gasteiger partial charge in [-0.05, 0) is 0 Å². The van der Waals surface area contributed by atoms with Crippen LogP contribution in [0.1, 0.15) is 0 Å². The third-order valence-electron chi connectivity index (χ3n) is 0.939. The minimum atomic E-state index is -3.23. The smallest absolute Gasteiger partial charge is 0.262 e. The van der Waals surface area contributed by atoms with Crippen molar-refractivity contribution < 1.29 is 22.1 Å². The molecular formula is C4H11O5P3.